The van der Waals surface area contributed by atoms with Crippen LogP contribution in [0.15, 0.2) is 18.2 Å². The number of ketones is 1. The lowest BCUT2D eigenvalue weighted by molar-refractivity contribution is -0.160. The van der Waals surface area contributed by atoms with Crippen LogP contribution >= 0.6 is 0 Å². The first-order valence-electron chi connectivity index (χ1n) is 6.65. The number of halogens is 2. The van der Waals surface area contributed by atoms with Crippen LogP contribution in [0.5, 0.6) is 5.75 Å². The molecule has 0 heterocycles. The van der Waals surface area contributed by atoms with Gasteiger partial charge in [0.1, 0.15) is 5.75 Å². The first-order valence-corrected chi connectivity index (χ1v) is 6.65. The molecule has 1 aromatic rings. The molecule has 21 heavy (non-hydrogen) atoms. The number of carbonyl (C=O) groups is 2. The van der Waals surface area contributed by atoms with Crippen LogP contribution in [0.2, 0.25) is 0 Å². The van der Waals surface area contributed by atoms with Crippen molar-refractivity contribution in [2.45, 2.75) is 26.2 Å². The van der Waals surface area contributed by atoms with Gasteiger partial charge in [-0.2, -0.15) is 0 Å². The quantitative estimate of drug-likeness (QED) is 0.619. The van der Waals surface area contributed by atoms with Gasteiger partial charge in [0.05, 0.1) is 13.7 Å². The third-order valence-corrected chi connectivity index (χ3v) is 3.63. The average molecular weight is 298 g/mol. The fourth-order valence-corrected chi connectivity index (χ4v) is 2.51. The van der Waals surface area contributed by atoms with Crippen molar-refractivity contribution >= 4 is 11.8 Å². The van der Waals surface area contributed by atoms with Gasteiger partial charge in [-0.3, -0.25) is 9.59 Å². The van der Waals surface area contributed by atoms with Crippen LogP contribution in [0, 0.1) is 5.41 Å². The van der Waals surface area contributed by atoms with Crippen LogP contribution in [0.4, 0.5) is 8.78 Å². The Morgan fingerprint density at radius 2 is 2.14 bits per heavy atom. The average Bonchev–Trinajstić information content (AvgIpc) is 2.79. The second kappa shape index (κ2) is 5.79. The molecular weight excluding hydrogens is 282 g/mol. The van der Waals surface area contributed by atoms with Gasteiger partial charge in [0.2, 0.25) is 0 Å². The Morgan fingerprint density at radius 1 is 1.43 bits per heavy atom. The van der Waals surface area contributed by atoms with E-state index in [1.165, 1.54) is 19.2 Å². The van der Waals surface area contributed by atoms with E-state index < -0.39 is 30.0 Å². The molecule has 1 aliphatic rings. The zero-order chi connectivity index (χ0) is 15.6. The highest BCUT2D eigenvalue weighted by Crippen LogP contribution is 2.45. The van der Waals surface area contributed by atoms with Gasteiger partial charge in [0.15, 0.2) is 11.2 Å². The molecule has 1 atom stereocenters. The highest BCUT2D eigenvalue weighted by Gasteiger charge is 2.60. The van der Waals surface area contributed by atoms with E-state index in [2.05, 4.69) is 0 Å². The van der Waals surface area contributed by atoms with E-state index in [4.69, 9.17) is 9.47 Å². The van der Waals surface area contributed by atoms with Crippen molar-refractivity contribution < 1.29 is 27.8 Å². The number of esters is 1. The second-order valence-electron chi connectivity index (χ2n) is 4.90. The predicted molar refractivity (Wildman–Crippen MR) is 70.7 cm³/mol. The van der Waals surface area contributed by atoms with E-state index in [-0.39, 0.29) is 12.2 Å². The summed E-state index contributed by atoms with van der Waals surface area (Å²) in [6.45, 7) is 1.75. The summed E-state index contributed by atoms with van der Waals surface area (Å²) in [7, 11) is 1.39. The van der Waals surface area contributed by atoms with Crippen LogP contribution in [-0.2, 0) is 16.0 Å². The van der Waals surface area contributed by atoms with Crippen molar-refractivity contribution in [3.8, 4) is 5.75 Å². The molecule has 0 fully saturated rings. The zero-order valence-corrected chi connectivity index (χ0v) is 11.8. The zero-order valence-electron chi connectivity index (χ0n) is 11.8. The van der Waals surface area contributed by atoms with E-state index in [0.717, 1.165) is 0 Å². The number of rotatable bonds is 5. The Balaban J connectivity index is 2.47. The minimum Gasteiger partial charge on any atom is -0.496 e. The molecule has 2 rings (SSSR count). The van der Waals surface area contributed by atoms with E-state index in [1.807, 2.05) is 0 Å². The van der Waals surface area contributed by atoms with Crippen LogP contribution < -0.4 is 4.74 Å². The molecule has 0 saturated carbocycles. The topological polar surface area (TPSA) is 52.6 Å². The van der Waals surface area contributed by atoms with Gasteiger partial charge in [-0.05, 0) is 12.5 Å². The summed E-state index contributed by atoms with van der Waals surface area (Å²) in [5, 5.41) is 0. The maximum Gasteiger partial charge on any atom is 0.326 e. The van der Waals surface area contributed by atoms with Gasteiger partial charge in [-0.15, -0.1) is 0 Å². The summed E-state index contributed by atoms with van der Waals surface area (Å²) >= 11 is 0. The first-order chi connectivity index (χ1) is 9.98. The lowest BCUT2D eigenvalue weighted by Gasteiger charge is -2.24. The van der Waals surface area contributed by atoms with E-state index in [1.54, 1.807) is 13.0 Å². The number of ether oxygens (including phenoxy) is 2. The SMILES string of the molecule is CCCOC(=O)C1(C(F)F)Cc2c(OC)cccc2C1=O. The molecule has 0 aromatic heterocycles. The molecule has 114 valence electrons. The molecule has 1 aromatic carbocycles. The third kappa shape index (κ3) is 2.28. The molecule has 0 amide bonds. The summed E-state index contributed by atoms with van der Waals surface area (Å²) in [6, 6.07) is 4.54. The van der Waals surface area contributed by atoms with Gasteiger partial charge in [-0.1, -0.05) is 19.1 Å². The number of hydrogen-bond donors (Lipinski definition) is 0. The van der Waals surface area contributed by atoms with Gasteiger partial charge in [-0.25, -0.2) is 8.78 Å². The van der Waals surface area contributed by atoms with Gasteiger partial charge in [0, 0.05) is 17.5 Å². The lowest BCUT2D eigenvalue weighted by atomic mass is 9.84. The fourth-order valence-electron chi connectivity index (χ4n) is 2.51. The van der Waals surface area contributed by atoms with Crippen molar-refractivity contribution in [3.05, 3.63) is 29.3 Å². The van der Waals surface area contributed by atoms with Gasteiger partial charge >= 0.3 is 5.97 Å². The largest absolute Gasteiger partial charge is 0.496 e. The maximum absolute atomic E-state index is 13.6. The number of fused-ring (bicyclic) bond motifs is 1. The highest BCUT2D eigenvalue weighted by molar-refractivity contribution is 6.16. The number of methoxy groups -OCH3 is 1. The Labute approximate surface area is 121 Å². The van der Waals surface area contributed by atoms with Crippen molar-refractivity contribution in [1.82, 2.24) is 0 Å². The molecule has 4 nitrogen and oxygen atoms in total. The number of benzene rings is 1. The fraction of sp³-hybridized carbons (Fsp3) is 0.467. The van der Waals surface area contributed by atoms with Crippen LogP contribution in [-0.4, -0.2) is 31.9 Å². The molecule has 0 spiro atoms. The van der Waals surface area contributed by atoms with Crippen molar-refractivity contribution in [3.63, 3.8) is 0 Å². The maximum atomic E-state index is 13.6. The van der Waals surface area contributed by atoms with Crippen molar-refractivity contribution in [2.75, 3.05) is 13.7 Å². The Kier molecular flexibility index (Phi) is 4.25. The Hall–Kier alpha value is -1.98. The minimum absolute atomic E-state index is 0.00800. The van der Waals surface area contributed by atoms with Crippen molar-refractivity contribution in [1.29, 1.82) is 0 Å². The molecular formula is C15H16F2O4. The monoisotopic (exact) mass is 298 g/mol. The van der Waals surface area contributed by atoms with E-state index >= 15 is 0 Å². The van der Waals surface area contributed by atoms with Crippen LogP contribution in [0.1, 0.15) is 29.3 Å². The highest BCUT2D eigenvalue weighted by atomic mass is 19.3. The van der Waals surface area contributed by atoms with Gasteiger partial charge < -0.3 is 9.47 Å². The second-order valence-corrected chi connectivity index (χ2v) is 4.90. The van der Waals surface area contributed by atoms with Crippen molar-refractivity contribution in [2.24, 2.45) is 5.41 Å². The number of hydrogen-bond acceptors (Lipinski definition) is 4. The predicted octanol–water partition coefficient (Wildman–Crippen LogP) is 2.64. The van der Waals surface area contributed by atoms with E-state index in [0.29, 0.717) is 17.7 Å². The van der Waals surface area contributed by atoms with Gasteiger partial charge in [0.25, 0.3) is 6.43 Å². The summed E-state index contributed by atoms with van der Waals surface area (Å²) < 4.78 is 37.0. The normalized spacial score (nSPS) is 20.5. The minimum atomic E-state index is -3.13. The molecule has 0 aliphatic heterocycles. The smallest absolute Gasteiger partial charge is 0.326 e. The summed E-state index contributed by atoms with van der Waals surface area (Å²) in [4.78, 5) is 24.5. The lowest BCUT2D eigenvalue weighted by Crippen LogP contribution is -2.45. The first kappa shape index (κ1) is 15.4. The molecule has 0 radical (unpaired) electrons. The van der Waals surface area contributed by atoms with Crippen LogP contribution in [0.3, 0.4) is 0 Å². The third-order valence-electron chi connectivity index (χ3n) is 3.63. The summed E-state index contributed by atoms with van der Waals surface area (Å²) in [5.74, 6) is -1.73. The molecule has 0 bridgehead atoms. The molecule has 1 unspecified atom stereocenters. The molecule has 6 heteroatoms. The Morgan fingerprint density at radius 3 is 2.71 bits per heavy atom. The molecule has 0 saturated heterocycles. The summed E-state index contributed by atoms with van der Waals surface area (Å²) in [5.41, 5.74) is -2.02. The number of carbonyl (C=O) groups excluding carboxylic acids is 2. The number of alkyl halides is 2. The summed E-state index contributed by atoms with van der Waals surface area (Å²) in [6.07, 6.45) is -3.03. The number of Topliss-reactive ketones (excluding diaryl/α,β-unsaturated/α-hetero) is 1. The Bertz CT molecular complexity index is 571. The molecule has 0 N–H and O–H groups in total. The van der Waals surface area contributed by atoms with E-state index in [9.17, 15) is 18.4 Å². The standard InChI is InChI=1S/C15H16F2O4/c1-3-7-21-14(19)15(13(16)17)8-10-9(12(15)18)5-4-6-11(10)20-2/h4-6,13H,3,7-8H2,1-2H3. The van der Waals surface area contributed by atoms with Crippen LogP contribution in [0.25, 0.3) is 0 Å². The molecule has 1 aliphatic carbocycles.